The van der Waals surface area contributed by atoms with Gasteiger partial charge in [0.05, 0.1) is 21.2 Å². The summed E-state index contributed by atoms with van der Waals surface area (Å²) in [4.78, 5) is 27.9. The Morgan fingerprint density at radius 3 is 2.53 bits per heavy atom. The number of hydrogen-bond donors (Lipinski definition) is 2. The molecule has 298 valence electrons. The van der Waals surface area contributed by atoms with Crippen LogP contribution in [-0.4, -0.2) is 104 Å². The van der Waals surface area contributed by atoms with Gasteiger partial charge in [0.15, 0.2) is 11.0 Å². The number of anilines is 1. The number of aliphatic imine (C=N–C) groups is 2. The van der Waals surface area contributed by atoms with E-state index < -0.39 is 46.8 Å². The van der Waals surface area contributed by atoms with E-state index >= 15 is 4.39 Å². The fourth-order valence-electron chi connectivity index (χ4n) is 7.09. The van der Waals surface area contributed by atoms with Crippen molar-refractivity contribution in [3.63, 3.8) is 0 Å². The first-order valence-corrected chi connectivity index (χ1v) is 18.4. The van der Waals surface area contributed by atoms with E-state index in [1.807, 2.05) is 0 Å². The molecule has 1 amide bonds. The van der Waals surface area contributed by atoms with Crippen molar-refractivity contribution in [2.75, 3.05) is 39.6 Å². The maximum absolute atomic E-state index is 16.5. The summed E-state index contributed by atoms with van der Waals surface area (Å²) in [5.74, 6) is -0.632. The number of carbonyl (C=O) groups is 1. The second-order valence-corrected chi connectivity index (χ2v) is 15.1. The van der Waals surface area contributed by atoms with Gasteiger partial charge in [0.2, 0.25) is 0 Å². The zero-order valence-corrected chi connectivity index (χ0v) is 32.3. The van der Waals surface area contributed by atoms with Crippen LogP contribution in [0.25, 0.3) is 5.82 Å². The minimum atomic E-state index is -5.24. The Bertz CT molecular complexity index is 2050. The third-order valence-electron chi connectivity index (χ3n) is 9.36. The molecule has 6 rings (SSSR count). The first-order valence-electron chi connectivity index (χ1n) is 17.6. The lowest BCUT2D eigenvalue weighted by molar-refractivity contribution is -0.275. The van der Waals surface area contributed by atoms with Crippen LogP contribution in [0.5, 0.6) is 5.75 Å². The third kappa shape index (κ3) is 10.5. The van der Waals surface area contributed by atoms with Gasteiger partial charge in [-0.1, -0.05) is 6.32 Å². The highest BCUT2D eigenvalue weighted by Gasteiger charge is 2.36. The molecule has 4 heterocycles. The molecule has 2 N–H and O–H groups in total. The number of amidine groups is 1. The Balaban J connectivity index is 0.000000523. The van der Waals surface area contributed by atoms with Crippen LogP contribution in [-0.2, 0) is 4.74 Å². The number of nitriles is 1. The zero-order chi connectivity index (χ0) is 40.8. The molecule has 0 aromatic heterocycles. The Hall–Kier alpha value is -4.28. The van der Waals surface area contributed by atoms with E-state index in [1.54, 1.807) is 32.7 Å². The minimum absolute atomic E-state index is 0.0618. The van der Waals surface area contributed by atoms with Crippen molar-refractivity contribution in [1.82, 2.24) is 9.80 Å². The number of aliphatic hydroxyl groups excluding tert-OH is 1. The van der Waals surface area contributed by atoms with Crippen molar-refractivity contribution in [2.45, 2.75) is 94.2 Å². The van der Waals surface area contributed by atoms with Gasteiger partial charge in [0.25, 0.3) is 6.71 Å². The lowest BCUT2D eigenvalue weighted by Gasteiger charge is -2.27. The van der Waals surface area contributed by atoms with Gasteiger partial charge in [-0.05, 0) is 96.0 Å². The van der Waals surface area contributed by atoms with E-state index in [-0.39, 0.29) is 50.1 Å². The van der Waals surface area contributed by atoms with Gasteiger partial charge >= 0.3 is 12.5 Å². The van der Waals surface area contributed by atoms with Crippen LogP contribution in [0.4, 0.5) is 36.8 Å². The summed E-state index contributed by atoms with van der Waals surface area (Å²) in [5.41, 5.74) is -1.12. The van der Waals surface area contributed by atoms with Crippen LogP contribution in [0, 0.1) is 33.3 Å². The fraction of sp³-hybridized carbons (Fsp3) is 0.528. The summed E-state index contributed by atoms with van der Waals surface area (Å²) in [6.07, 6.45) is -1.71. The van der Waals surface area contributed by atoms with Gasteiger partial charge in [-0.25, -0.2) is 33.2 Å². The number of nitrogens with one attached hydrogen (secondary N) is 1. The molecule has 3 fully saturated rings. The Morgan fingerprint density at radius 2 is 1.95 bits per heavy atom. The summed E-state index contributed by atoms with van der Waals surface area (Å²) in [6.45, 7) is 10.1. The van der Waals surface area contributed by atoms with Crippen molar-refractivity contribution in [1.29, 1.82) is 5.26 Å². The molecule has 0 saturated carbocycles. The van der Waals surface area contributed by atoms with Crippen LogP contribution in [0.15, 0.2) is 38.1 Å². The van der Waals surface area contributed by atoms with Crippen molar-refractivity contribution in [2.24, 2.45) is 15.0 Å². The number of alkyl halides is 4. The number of amides is 1. The molecule has 3 unspecified atom stereocenters. The Kier molecular flexibility index (Phi) is 14.3. The summed E-state index contributed by atoms with van der Waals surface area (Å²) in [5, 5.41) is 17.5. The molecule has 2 aromatic rings. The average Bonchev–Trinajstić information content (AvgIpc) is 3.90. The number of fused-ring (bicyclic) bond motifs is 2. The largest absolute Gasteiger partial charge is 0.573 e. The molecule has 0 bridgehead atoms. The molecule has 3 atom stereocenters. The maximum atomic E-state index is 16.5. The lowest BCUT2D eigenvalue weighted by Crippen LogP contribution is -2.32. The minimum Gasteiger partial charge on any atom is -0.442 e. The topological polar surface area (TPSA) is 135 Å². The van der Waals surface area contributed by atoms with E-state index in [0.29, 0.717) is 43.4 Å². The van der Waals surface area contributed by atoms with Crippen molar-refractivity contribution in [3.05, 3.63) is 50.8 Å². The van der Waals surface area contributed by atoms with Crippen LogP contribution in [0.3, 0.4) is 0 Å². The number of thioether (sulfide) groups is 1. The monoisotopic (exact) mass is 795 g/mol. The second-order valence-electron chi connectivity index (χ2n) is 14.2. The van der Waals surface area contributed by atoms with Crippen molar-refractivity contribution >= 4 is 48.0 Å². The molecule has 19 heteroatoms. The van der Waals surface area contributed by atoms with Crippen LogP contribution in [0.2, 0.25) is 12.6 Å². The average molecular weight is 796 g/mol. The predicted molar refractivity (Wildman–Crippen MR) is 199 cm³/mol. The van der Waals surface area contributed by atoms with Crippen LogP contribution in [0.1, 0.15) is 46.5 Å². The summed E-state index contributed by atoms with van der Waals surface area (Å²) in [6, 6.07) is 3.40. The fourth-order valence-corrected chi connectivity index (χ4v) is 7.95. The van der Waals surface area contributed by atoms with Gasteiger partial charge in [-0.2, -0.15) is 0 Å². The summed E-state index contributed by atoms with van der Waals surface area (Å²) < 4.78 is 94.6. The quantitative estimate of drug-likeness (QED) is 0.211. The predicted octanol–water partition coefficient (Wildman–Crippen LogP) is 6.04. The number of halogens is 6. The number of nitrogens with zero attached hydrogens (tertiary/aromatic N) is 6. The first-order chi connectivity index (χ1) is 25.9. The third-order valence-corrected chi connectivity index (χ3v) is 10.3. The zero-order valence-electron chi connectivity index (χ0n) is 31.4. The molecule has 55 heavy (non-hydrogen) atoms. The molecule has 3 saturated heterocycles. The highest BCUT2D eigenvalue weighted by Crippen LogP contribution is 2.32. The summed E-state index contributed by atoms with van der Waals surface area (Å²) >= 11 is 0.642. The van der Waals surface area contributed by atoms with Gasteiger partial charge in [0, 0.05) is 56.2 Å². The Labute approximate surface area is 319 Å². The number of ether oxygens (including phenoxy) is 2. The number of carbonyl (C=O) groups excluding carboxylic acids is 1. The number of aliphatic hydroxyl groups is 1. The van der Waals surface area contributed by atoms with Gasteiger partial charge in [-0.3, -0.25) is 4.90 Å². The first kappa shape index (κ1) is 43.5. The molecular weight excluding hydrogens is 751 g/mol. The number of hydrogen-bond acceptors (Lipinski definition) is 10. The highest BCUT2D eigenvalue weighted by molar-refractivity contribution is 8.14. The normalized spacial score (nSPS) is 22.2. The van der Waals surface area contributed by atoms with E-state index in [0.717, 1.165) is 38.3 Å². The van der Waals surface area contributed by atoms with Crippen LogP contribution >= 0.6 is 11.8 Å². The molecule has 11 nitrogen and oxygen atoms in total. The van der Waals surface area contributed by atoms with E-state index in [9.17, 15) is 32.0 Å². The van der Waals surface area contributed by atoms with Gasteiger partial charge in [-0.15, -0.1) is 18.2 Å². The molecule has 4 aliphatic rings. The van der Waals surface area contributed by atoms with Gasteiger partial charge in [0.1, 0.15) is 29.2 Å². The molecular formula is C36H44BF6N7O4S. The van der Waals surface area contributed by atoms with E-state index in [4.69, 9.17) is 9.84 Å². The number of rotatable bonds is 5. The molecule has 0 spiro atoms. The van der Waals surface area contributed by atoms with E-state index in [2.05, 4.69) is 42.6 Å². The van der Waals surface area contributed by atoms with E-state index in [1.165, 1.54) is 19.9 Å². The second kappa shape index (κ2) is 18.1. The SMILES string of the molecule is C=N/C(=c1/cc(OC(F)(F)F)/c(=c2/ccc(F)c3c2=N/C(=N/C(=O)OC(C)(C)C)S3)c(F)c1NC)N(C)C1CCB(C#N)C1.CO.FC1CC2CCCN2C1. The number of benzene rings is 2. The van der Waals surface area contributed by atoms with Crippen LogP contribution < -0.4 is 20.6 Å². The smallest absolute Gasteiger partial charge is 0.442 e. The van der Waals surface area contributed by atoms with Crippen molar-refractivity contribution < 1.29 is 45.7 Å². The molecule has 2 aromatic carbocycles. The Morgan fingerprint density at radius 1 is 1.24 bits per heavy atom. The van der Waals surface area contributed by atoms with Crippen molar-refractivity contribution in [3.8, 4) is 11.7 Å². The maximum Gasteiger partial charge on any atom is 0.573 e. The highest BCUT2D eigenvalue weighted by atomic mass is 32.2. The lowest BCUT2D eigenvalue weighted by atomic mass is 9.50. The summed E-state index contributed by atoms with van der Waals surface area (Å²) in [7, 11) is 4.01. The molecule has 0 radical (unpaired) electrons. The molecule has 0 aliphatic carbocycles. The molecule has 4 aliphatic heterocycles. The standard InChI is InChI=1S/C28H28BF5N6O3S.C7H12FN.CH4O/c1-27(2,3)43-26(41)39-25-38-22-15(7-8-17(30)23(22)44-25)19-18(42-28(32,33)34)11-16(21(36-4)20(19)31)24(37-5)40(6)14-9-10-29(12-14)13-35;8-6-4-7-2-1-3-9(7)5-6;1-2/h7-8,11,14,36H,5,9-10,12H2,1-4,6H3;6-7H,1-5H2;2H,1H3/b19-15+,24-16+,39-25-;;. The van der Waals surface area contributed by atoms with Gasteiger partial charge < -0.3 is 24.8 Å².